The molecule has 1 amide bonds. The Labute approximate surface area is 153 Å². The van der Waals surface area contributed by atoms with Gasteiger partial charge in [-0.15, -0.1) is 11.8 Å². The second-order valence-electron chi connectivity index (χ2n) is 5.85. The fourth-order valence-electron chi connectivity index (χ4n) is 2.29. The number of hydrogen-bond donors (Lipinski definition) is 1. The van der Waals surface area contributed by atoms with Crippen LogP contribution in [0.5, 0.6) is 0 Å². The summed E-state index contributed by atoms with van der Waals surface area (Å²) in [5.74, 6) is -0.469. The summed E-state index contributed by atoms with van der Waals surface area (Å²) in [6, 6.07) is 5.49. The van der Waals surface area contributed by atoms with Gasteiger partial charge >= 0.3 is 6.18 Å². The molecule has 0 aliphatic carbocycles. The van der Waals surface area contributed by atoms with Crippen molar-refractivity contribution in [1.29, 1.82) is 0 Å². The van der Waals surface area contributed by atoms with E-state index < -0.39 is 29.4 Å². The van der Waals surface area contributed by atoms with Crippen molar-refractivity contribution in [3.8, 4) is 0 Å². The Hall–Kier alpha value is -2.03. The number of nitrogens with zero attached hydrogens (tertiary/aromatic N) is 2. The minimum atomic E-state index is -4.66. The monoisotopic (exact) mass is 389 g/mol. The molecule has 142 valence electrons. The van der Waals surface area contributed by atoms with Gasteiger partial charge in [0.2, 0.25) is 0 Å². The maximum atomic E-state index is 13.3. The number of benzene rings is 1. The summed E-state index contributed by atoms with van der Waals surface area (Å²) in [4.78, 5) is 13.0. The highest BCUT2D eigenvalue weighted by Crippen LogP contribution is 2.33. The Balaban J connectivity index is 1.89. The van der Waals surface area contributed by atoms with Gasteiger partial charge in [0.25, 0.3) is 5.91 Å². The summed E-state index contributed by atoms with van der Waals surface area (Å²) in [7, 11) is 0. The molecule has 0 atom stereocenters. The standard InChI is InChI=1S/C17H19F4N3OS/c1-11(2)24-15(17(19,20)21)14(10-23-24)16(25)22-8-3-9-26-13-6-4-12(18)5-7-13/h4-7,10-11H,3,8-9H2,1-2H3,(H,22,25). The Morgan fingerprint density at radius 3 is 2.50 bits per heavy atom. The fraction of sp³-hybridized carbons (Fsp3) is 0.412. The van der Waals surface area contributed by atoms with E-state index >= 15 is 0 Å². The molecule has 0 saturated carbocycles. The van der Waals surface area contributed by atoms with Crippen LogP contribution >= 0.6 is 11.8 Å². The molecule has 0 bridgehead atoms. The predicted molar refractivity (Wildman–Crippen MR) is 91.7 cm³/mol. The maximum absolute atomic E-state index is 13.3. The number of halogens is 4. The lowest BCUT2D eigenvalue weighted by molar-refractivity contribution is -0.145. The minimum absolute atomic E-state index is 0.233. The molecule has 26 heavy (non-hydrogen) atoms. The van der Waals surface area contributed by atoms with E-state index in [4.69, 9.17) is 0 Å². The number of hydrogen-bond acceptors (Lipinski definition) is 3. The minimum Gasteiger partial charge on any atom is -0.352 e. The van der Waals surface area contributed by atoms with E-state index in [-0.39, 0.29) is 12.4 Å². The SMILES string of the molecule is CC(C)n1ncc(C(=O)NCCCSc2ccc(F)cc2)c1C(F)(F)F. The summed E-state index contributed by atoms with van der Waals surface area (Å²) in [6.07, 6.45) is -3.15. The number of nitrogens with one attached hydrogen (secondary N) is 1. The molecule has 1 aromatic heterocycles. The highest BCUT2D eigenvalue weighted by Gasteiger charge is 2.40. The van der Waals surface area contributed by atoms with Crippen LogP contribution in [0.2, 0.25) is 0 Å². The number of rotatable bonds is 7. The molecule has 2 rings (SSSR count). The second kappa shape index (κ2) is 8.57. The van der Waals surface area contributed by atoms with Crippen LogP contribution in [-0.2, 0) is 6.18 Å². The largest absolute Gasteiger partial charge is 0.433 e. The lowest BCUT2D eigenvalue weighted by atomic mass is 10.2. The first-order chi connectivity index (χ1) is 12.2. The Morgan fingerprint density at radius 2 is 1.92 bits per heavy atom. The zero-order valence-electron chi connectivity index (χ0n) is 14.3. The molecule has 0 fully saturated rings. The normalized spacial score (nSPS) is 11.8. The summed E-state index contributed by atoms with van der Waals surface area (Å²) in [5, 5.41) is 6.19. The lowest BCUT2D eigenvalue weighted by Gasteiger charge is -2.15. The topological polar surface area (TPSA) is 46.9 Å². The van der Waals surface area contributed by atoms with Crippen LogP contribution in [0.1, 0.15) is 42.4 Å². The first-order valence-electron chi connectivity index (χ1n) is 8.01. The zero-order chi connectivity index (χ0) is 19.3. The molecule has 0 spiro atoms. The van der Waals surface area contributed by atoms with Crippen LogP contribution in [0, 0.1) is 5.82 Å². The maximum Gasteiger partial charge on any atom is 0.433 e. The van der Waals surface area contributed by atoms with E-state index in [0.717, 1.165) is 15.8 Å². The summed E-state index contributed by atoms with van der Waals surface area (Å²) >= 11 is 1.48. The van der Waals surface area contributed by atoms with Crippen molar-refractivity contribution < 1.29 is 22.4 Å². The average molecular weight is 389 g/mol. The number of amides is 1. The summed E-state index contributed by atoms with van der Waals surface area (Å²) < 4.78 is 53.4. The third-order valence-electron chi connectivity index (χ3n) is 3.49. The van der Waals surface area contributed by atoms with Crippen molar-refractivity contribution in [2.75, 3.05) is 12.3 Å². The predicted octanol–water partition coefficient (Wildman–Crippen LogP) is 4.53. The Kier molecular flexibility index (Phi) is 6.69. The van der Waals surface area contributed by atoms with Gasteiger partial charge in [0.05, 0.1) is 11.8 Å². The van der Waals surface area contributed by atoms with Crippen molar-refractivity contribution in [1.82, 2.24) is 15.1 Å². The zero-order valence-corrected chi connectivity index (χ0v) is 15.1. The van der Waals surface area contributed by atoms with Crippen LogP contribution < -0.4 is 5.32 Å². The quantitative estimate of drug-likeness (QED) is 0.430. The van der Waals surface area contributed by atoms with E-state index in [2.05, 4.69) is 10.4 Å². The molecule has 1 heterocycles. The fourth-order valence-corrected chi connectivity index (χ4v) is 3.15. The molecule has 0 unspecified atom stereocenters. The van der Waals surface area contributed by atoms with Crippen molar-refractivity contribution in [3.05, 3.63) is 47.5 Å². The molecular formula is C17H19F4N3OS. The highest BCUT2D eigenvalue weighted by molar-refractivity contribution is 7.99. The van der Waals surface area contributed by atoms with Gasteiger partial charge in [0.15, 0.2) is 5.69 Å². The van der Waals surface area contributed by atoms with Crippen LogP contribution in [0.15, 0.2) is 35.4 Å². The molecule has 0 aliphatic heterocycles. The van der Waals surface area contributed by atoms with Crippen molar-refractivity contribution in [2.24, 2.45) is 0 Å². The van der Waals surface area contributed by atoms with E-state index in [1.54, 1.807) is 26.0 Å². The average Bonchev–Trinajstić information content (AvgIpc) is 3.02. The molecule has 4 nitrogen and oxygen atoms in total. The Morgan fingerprint density at radius 1 is 1.27 bits per heavy atom. The van der Waals surface area contributed by atoms with Crippen molar-refractivity contribution in [3.63, 3.8) is 0 Å². The van der Waals surface area contributed by atoms with Gasteiger partial charge in [-0.25, -0.2) is 4.39 Å². The summed E-state index contributed by atoms with van der Waals surface area (Å²) in [5.41, 5.74) is -1.51. The Bertz CT molecular complexity index is 741. The lowest BCUT2D eigenvalue weighted by Crippen LogP contribution is -2.28. The summed E-state index contributed by atoms with van der Waals surface area (Å²) in [6.45, 7) is 3.37. The van der Waals surface area contributed by atoms with Gasteiger partial charge in [0.1, 0.15) is 5.82 Å². The van der Waals surface area contributed by atoms with Gasteiger partial charge in [-0.3, -0.25) is 9.48 Å². The van der Waals surface area contributed by atoms with Gasteiger partial charge in [-0.05, 0) is 50.3 Å². The van der Waals surface area contributed by atoms with E-state index in [9.17, 15) is 22.4 Å². The van der Waals surface area contributed by atoms with Crippen LogP contribution in [0.25, 0.3) is 0 Å². The molecule has 0 aliphatic rings. The third kappa shape index (κ3) is 5.23. The van der Waals surface area contributed by atoms with Gasteiger partial charge in [-0.1, -0.05) is 0 Å². The van der Waals surface area contributed by atoms with Crippen LogP contribution in [0.3, 0.4) is 0 Å². The molecule has 0 radical (unpaired) electrons. The molecule has 1 N–H and O–H groups in total. The number of thioether (sulfide) groups is 1. The third-order valence-corrected chi connectivity index (χ3v) is 4.59. The van der Waals surface area contributed by atoms with E-state index in [1.807, 2.05) is 0 Å². The molecular weight excluding hydrogens is 370 g/mol. The van der Waals surface area contributed by atoms with Gasteiger partial charge in [-0.2, -0.15) is 18.3 Å². The van der Waals surface area contributed by atoms with E-state index in [1.165, 1.54) is 23.9 Å². The van der Waals surface area contributed by atoms with Crippen LogP contribution in [0.4, 0.5) is 17.6 Å². The van der Waals surface area contributed by atoms with Gasteiger partial charge < -0.3 is 5.32 Å². The molecule has 1 aromatic carbocycles. The first-order valence-corrected chi connectivity index (χ1v) is 9.00. The number of carbonyl (C=O) groups is 1. The number of alkyl halides is 3. The van der Waals surface area contributed by atoms with Crippen LogP contribution in [-0.4, -0.2) is 28.0 Å². The number of aromatic nitrogens is 2. The van der Waals surface area contributed by atoms with Crippen molar-refractivity contribution >= 4 is 17.7 Å². The van der Waals surface area contributed by atoms with Crippen molar-refractivity contribution in [2.45, 2.75) is 37.4 Å². The molecule has 2 aromatic rings. The molecule has 9 heteroatoms. The van der Waals surface area contributed by atoms with Gasteiger partial charge in [0, 0.05) is 17.5 Å². The highest BCUT2D eigenvalue weighted by atomic mass is 32.2. The smallest absolute Gasteiger partial charge is 0.352 e. The van der Waals surface area contributed by atoms with E-state index in [0.29, 0.717) is 12.2 Å². The molecule has 0 saturated heterocycles. The second-order valence-corrected chi connectivity index (χ2v) is 7.02. The number of carbonyl (C=O) groups excluding carboxylic acids is 1. The first kappa shape index (κ1) is 20.3.